The van der Waals surface area contributed by atoms with E-state index in [1.165, 1.54) is 0 Å². The smallest absolute Gasteiger partial charge is 0.756 e. The molecule has 4 aliphatic heterocycles. The van der Waals surface area contributed by atoms with Crippen molar-refractivity contribution in [3.63, 3.8) is 0 Å². The van der Waals surface area contributed by atoms with E-state index in [2.05, 4.69) is 43.7 Å². The molecule has 10 rings (SSSR count). The number of nitrogens with one attached hydrogen (secondary N) is 4. The average Bonchev–Trinajstić information content (AvgIpc) is 4.04. The Balaban J connectivity index is 0.00000462. The number of benzene rings is 3. The Labute approximate surface area is 365 Å². The molecule has 3 unspecified atom stereocenters. The van der Waals surface area contributed by atoms with Crippen LogP contribution in [-0.2, 0) is 35.3 Å². The molecule has 5 atom stereocenters. The van der Waals surface area contributed by atoms with Crippen LogP contribution in [-0.4, -0.2) is 56.3 Å². The van der Waals surface area contributed by atoms with Crippen LogP contribution in [0, 0.1) is 5.92 Å². The summed E-state index contributed by atoms with van der Waals surface area (Å²) in [5, 5.41) is 10.7. The second kappa shape index (κ2) is 14.7. The van der Waals surface area contributed by atoms with Crippen molar-refractivity contribution in [2.24, 2.45) is 5.92 Å². The summed E-state index contributed by atoms with van der Waals surface area (Å²) in [6, 6.07) is 16.0. The maximum Gasteiger partial charge on any atom is 1.00 e. The minimum Gasteiger partial charge on any atom is -0.756 e. The summed E-state index contributed by atoms with van der Waals surface area (Å²) >= 11 is 0. The predicted molar refractivity (Wildman–Crippen MR) is 211 cm³/mol. The van der Waals surface area contributed by atoms with E-state index in [0.717, 1.165) is 44.4 Å². The van der Waals surface area contributed by atoms with E-state index in [1.807, 2.05) is 56.4 Å². The first-order valence-corrected chi connectivity index (χ1v) is 21.1. The monoisotopic (exact) mass is 842 g/mol. The molecular formula is C42H40N6NaO10P. The van der Waals surface area contributed by atoms with Gasteiger partial charge in [-0.25, -0.2) is 9.97 Å². The predicted octanol–water partition coefficient (Wildman–Crippen LogP) is 2.81. The number of para-hydroxylation sites is 1. The summed E-state index contributed by atoms with van der Waals surface area (Å²) in [6.45, 7) is 6.34. The number of aromatic nitrogens is 3. The Hall–Kier alpha value is -4.77. The molecule has 1 spiro atoms. The quantitative estimate of drug-likeness (QED) is 0.0803. The first-order valence-electron chi connectivity index (χ1n) is 19.6. The molecule has 3 aromatic carbocycles. The number of rotatable bonds is 9. The number of phosphoric ester groups is 1. The molecule has 6 aromatic rings. The molecule has 2 amide bonds. The number of carbonyl (C=O) groups is 2. The average molecular weight is 843 g/mol. The van der Waals surface area contributed by atoms with Crippen molar-refractivity contribution in [3.05, 3.63) is 95.3 Å². The number of aromatic amines is 1. The molecule has 5 N–H and O–H groups in total. The van der Waals surface area contributed by atoms with Gasteiger partial charge in [0.25, 0.3) is 13.7 Å². The SMILES string of the molecule is CCC(CC)(OCOP(=O)([O-])O)C(=O)N[C@H]1Cc2ccc3c(c2)C24c5cccc(c5NC2O3)-c2cccc3[nH]cc(c23)-c2cnc(o2)-c2nc(oc24)[C@H](C(C)C)NC1=O.[Na+]. The number of phosphoric acid groups is 1. The molecule has 304 valence electrons. The molecule has 10 bridgehead atoms. The molecule has 3 aromatic heterocycles. The van der Waals surface area contributed by atoms with Gasteiger partial charge in [0.15, 0.2) is 30.2 Å². The van der Waals surface area contributed by atoms with Crippen LogP contribution >= 0.6 is 7.82 Å². The van der Waals surface area contributed by atoms with Gasteiger partial charge in [0, 0.05) is 51.5 Å². The van der Waals surface area contributed by atoms with Gasteiger partial charge < -0.3 is 49.0 Å². The van der Waals surface area contributed by atoms with E-state index >= 15 is 0 Å². The molecular weight excluding hydrogens is 802 g/mol. The minimum absolute atomic E-state index is 0. The van der Waals surface area contributed by atoms with Crippen molar-refractivity contribution >= 4 is 36.2 Å². The zero-order chi connectivity index (χ0) is 41.0. The Morgan fingerprint density at radius 1 is 1.08 bits per heavy atom. The standard InChI is InChI=1S/C42H41N6O10P.Na/c1-5-41(6-2,54-19-55-59(51,52)53)39(50)45-28-16-21-13-14-29-26(15-21)42-25-11-7-10-23(33(25)48-40(42)57-29)22-9-8-12-27-31(22)24(17-43-27)30-18-44-37(56-30)34-35(42)58-38(47-34)32(20(3)4)46-36(28)49;/h7-15,17-18,20,28,32,40,43,48H,5-6,16,19H2,1-4H3,(H,45,50)(H,46,49)(H2,51,52,53);/q;+1/p-1/t28-,32-,40?,42?;/m0./s1. The normalized spacial score (nSPS) is 21.7. The van der Waals surface area contributed by atoms with Crippen molar-refractivity contribution in [2.45, 2.75) is 76.3 Å². The number of hydrogen-bond donors (Lipinski definition) is 5. The van der Waals surface area contributed by atoms with Gasteiger partial charge in [-0.05, 0) is 42.0 Å². The Bertz CT molecular complexity index is 2750. The van der Waals surface area contributed by atoms with E-state index in [9.17, 15) is 19.0 Å². The van der Waals surface area contributed by atoms with Crippen molar-refractivity contribution < 1.29 is 76.3 Å². The molecule has 60 heavy (non-hydrogen) atoms. The molecule has 0 fully saturated rings. The van der Waals surface area contributed by atoms with Gasteiger partial charge in [0.2, 0.25) is 17.7 Å². The van der Waals surface area contributed by atoms with Gasteiger partial charge in [-0.1, -0.05) is 70.2 Å². The fraction of sp³-hybridized carbons (Fsp3) is 0.333. The van der Waals surface area contributed by atoms with Crippen LogP contribution in [0.15, 0.2) is 75.8 Å². The number of fused-ring (bicyclic) bond motifs is 7. The van der Waals surface area contributed by atoms with Crippen molar-refractivity contribution in [1.82, 2.24) is 25.6 Å². The van der Waals surface area contributed by atoms with Crippen LogP contribution in [0.1, 0.15) is 74.9 Å². The van der Waals surface area contributed by atoms with Crippen LogP contribution in [0.4, 0.5) is 5.69 Å². The summed E-state index contributed by atoms with van der Waals surface area (Å²) in [6.07, 6.45) is 3.16. The third-order valence-electron chi connectivity index (χ3n) is 12.2. The third-order valence-corrected chi connectivity index (χ3v) is 12.7. The van der Waals surface area contributed by atoms with Crippen LogP contribution in [0.2, 0.25) is 0 Å². The molecule has 0 radical (unpaired) electrons. The maximum atomic E-state index is 14.5. The van der Waals surface area contributed by atoms with E-state index < -0.39 is 55.8 Å². The summed E-state index contributed by atoms with van der Waals surface area (Å²) in [5.41, 5.74) is 4.51. The molecule has 16 nitrogen and oxygen atoms in total. The number of carbonyl (C=O) groups excluding carboxylic acids is 2. The van der Waals surface area contributed by atoms with Crippen LogP contribution in [0.25, 0.3) is 44.9 Å². The van der Waals surface area contributed by atoms with Crippen LogP contribution in [0.5, 0.6) is 5.75 Å². The van der Waals surface area contributed by atoms with E-state index in [0.29, 0.717) is 28.5 Å². The molecule has 0 saturated heterocycles. The fourth-order valence-corrected chi connectivity index (χ4v) is 9.38. The van der Waals surface area contributed by atoms with E-state index in [4.69, 9.17) is 33.2 Å². The van der Waals surface area contributed by atoms with Crippen LogP contribution in [0.3, 0.4) is 0 Å². The number of amides is 2. The first kappa shape index (κ1) is 40.6. The third kappa shape index (κ3) is 6.10. The van der Waals surface area contributed by atoms with Gasteiger partial charge in [-0.15, -0.1) is 0 Å². The second-order valence-electron chi connectivity index (χ2n) is 15.7. The van der Waals surface area contributed by atoms with Crippen molar-refractivity contribution in [3.8, 4) is 39.8 Å². The fourth-order valence-electron chi connectivity index (χ4n) is 9.19. The zero-order valence-corrected chi connectivity index (χ0v) is 36.3. The topological polar surface area (TPSA) is 226 Å². The molecule has 4 aliphatic rings. The van der Waals surface area contributed by atoms with Gasteiger partial charge in [-0.3, -0.25) is 18.7 Å². The summed E-state index contributed by atoms with van der Waals surface area (Å²) < 4.78 is 41.9. The largest absolute Gasteiger partial charge is 1.00 e. The Morgan fingerprint density at radius 2 is 1.87 bits per heavy atom. The molecule has 0 saturated carbocycles. The molecule has 0 aliphatic carbocycles. The number of anilines is 1. The van der Waals surface area contributed by atoms with Crippen molar-refractivity contribution in [2.75, 3.05) is 12.1 Å². The second-order valence-corrected chi connectivity index (χ2v) is 16.9. The maximum absolute atomic E-state index is 14.5. The number of ether oxygens (including phenoxy) is 2. The van der Waals surface area contributed by atoms with E-state index in [1.54, 1.807) is 20.0 Å². The summed E-state index contributed by atoms with van der Waals surface area (Å²) in [4.78, 5) is 62.4. The molecule has 7 heterocycles. The van der Waals surface area contributed by atoms with Gasteiger partial charge >= 0.3 is 29.6 Å². The number of oxazole rings is 2. The summed E-state index contributed by atoms with van der Waals surface area (Å²) in [7, 11) is -5.13. The minimum atomic E-state index is -5.13. The van der Waals surface area contributed by atoms with Crippen molar-refractivity contribution in [1.29, 1.82) is 0 Å². The van der Waals surface area contributed by atoms with Gasteiger partial charge in [-0.2, -0.15) is 0 Å². The molecule has 18 heteroatoms. The Morgan fingerprint density at radius 3 is 2.63 bits per heavy atom. The number of H-pyrrole nitrogens is 1. The summed E-state index contributed by atoms with van der Waals surface area (Å²) in [5.74, 6) is 0.556. The number of hydrogen-bond acceptors (Lipinski definition) is 12. The number of nitrogens with zero attached hydrogens (tertiary/aromatic N) is 2. The first-order chi connectivity index (χ1) is 28.3. The van der Waals surface area contributed by atoms with Gasteiger partial charge in [0.1, 0.15) is 28.8 Å². The van der Waals surface area contributed by atoms with Gasteiger partial charge in [0.05, 0.1) is 6.20 Å². The Kier molecular flexibility index (Phi) is 9.96. The van der Waals surface area contributed by atoms with E-state index in [-0.39, 0.29) is 66.5 Å². The van der Waals surface area contributed by atoms with Crippen LogP contribution < -0.4 is 55.1 Å². The zero-order valence-electron chi connectivity index (χ0n) is 33.5.